The maximum absolute atomic E-state index is 4.61. The molecule has 2 aromatic rings. The van der Waals surface area contributed by atoms with Crippen molar-refractivity contribution in [2.45, 2.75) is 6.92 Å². The van der Waals surface area contributed by atoms with Gasteiger partial charge in [0, 0.05) is 19.1 Å². The van der Waals surface area contributed by atoms with Crippen LogP contribution < -0.4 is 0 Å². The van der Waals surface area contributed by atoms with Crippen LogP contribution in [0.5, 0.6) is 0 Å². The molecule has 0 bridgehead atoms. The van der Waals surface area contributed by atoms with Gasteiger partial charge in [0.1, 0.15) is 0 Å². The summed E-state index contributed by atoms with van der Waals surface area (Å²) >= 11 is 1.79. The van der Waals surface area contributed by atoms with E-state index in [0.717, 1.165) is 0 Å². The van der Waals surface area contributed by atoms with Gasteiger partial charge in [0.15, 0.2) is 0 Å². The van der Waals surface area contributed by atoms with Crippen molar-refractivity contribution in [2.24, 2.45) is 0 Å². The Bertz CT molecular complexity index is 413. The van der Waals surface area contributed by atoms with Gasteiger partial charge in [-0.25, -0.2) is 0 Å². The molecule has 0 atom stereocenters. The zero-order valence-corrected chi connectivity index (χ0v) is 12.7. The van der Waals surface area contributed by atoms with E-state index in [-0.39, 0.29) is 0 Å². The van der Waals surface area contributed by atoms with Crippen LogP contribution in [0, 0.1) is 6.92 Å². The fourth-order valence-corrected chi connectivity index (χ4v) is 2.45. The minimum Gasteiger partial charge on any atom is -0.402 e. The summed E-state index contributed by atoms with van der Waals surface area (Å²) in [6, 6.07) is 12.7. The molecule has 0 saturated carbocycles. The van der Waals surface area contributed by atoms with Crippen molar-refractivity contribution < 1.29 is 8.85 Å². The number of benzene rings is 1. The SMILES string of the molecule is CO[SiH2]OC.Cc1ccccc1-c1cccs1. The van der Waals surface area contributed by atoms with E-state index in [1.807, 2.05) is 0 Å². The zero-order valence-electron chi connectivity index (χ0n) is 10.5. The standard InChI is InChI=1S/C11H10S.C2H8O2Si/c1-9-5-2-3-6-10(9)11-7-4-8-12-11;1-3-5-4-2/h2-8H,1H3;5H2,1-2H3. The second kappa shape index (κ2) is 8.19. The predicted octanol–water partition coefficient (Wildman–Crippen LogP) is 3.00. The van der Waals surface area contributed by atoms with Crippen molar-refractivity contribution >= 4 is 21.3 Å². The lowest BCUT2D eigenvalue weighted by atomic mass is 10.1. The van der Waals surface area contributed by atoms with E-state index in [1.54, 1.807) is 25.6 Å². The summed E-state index contributed by atoms with van der Waals surface area (Å²) < 4.78 is 9.22. The van der Waals surface area contributed by atoms with Crippen LogP contribution in [-0.2, 0) is 8.85 Å². The average molecular weight is 266 g/mol. The van der Waals surface area contributed by atoms with Gasteiger partial charge in [-0.3, -0.25) is 0 Å². The van der Waals surface area contributed by atoms with Crippen molar-refractivity contribution in [3.8, 4) is 10.4 Å². The smallest absolute Gasteiger partial charge is 0.303 e. The van der Waals surface area contributed by atoms with Crippen LogP contribution in [0.4, 0.5) is 0 Å². The van der Waals surface area contributed by atoms with Crippen molar-refractivity contribution in [3.05, 3.63) is 47.3 Å². The summed E-state index contributed by atoms with van der Waals surface area (Å²) in [6.07, 6.45) is 0. The summed E-state index contributed by atoms with van der Waals surface area (Å²) in [7, 11) is 2.73. The van der Waals surface area contributed by atoms with E-state index in [9.17, 15) is 0 Å². The average Bonchev–Trinajstić information content (AvgIpc) is 2.85. The molecule has 0 aliphatic carbocycles. The molecule has 0 amide bonds. The molecule has 4 heteroatoms. The maximum atomic E-state index is 4.61. The summed E-state index contributed by atoms with van der Waals surface area (Å²) in [5.41, 5.74) is 2.70. The fraction of sp³-hybridized carbons (Fsp3) is 0.231. The molecule has 92 valence electrons. The number of thiophene rings is 1. The highest BCUT2D eigenvalue weighted by atomic mass is 32.1. The third-order valence-corrected chi connectivity index (χ3v) is 3.54. The van der Waals surface area contributed by atoms with E-state index in [0.29, 0.717) is 0 Å². The zero-order chi connectivity index (χ0) is 12.5. The van der Waals surface area contributed by atoms with Gasteiger partial charge >= 0.3 is 10.0 Å². The van der Waals surface area contributed by atoms with Gasteiger partial charge in [0.25, 0.3) is 0 Å². The topological polar surface area (TPSA) is 18.5 Å². The summed E-state index contributed by atoms with van der Waals surface area (Å²) in [6.45, 7) is 2.15. The van der Waals surface area contributed by atoms with Crippen LogP contribution in [0.1, 0.15) is 5.56 Å². The van der Waals surface area contributed by atoms with Crippen LogP contribution in [-0.4, -0.2) is 24.2 Å². The van der Waals surface area contributed by atoms with Gasteiger partial charge < -0.3 is 8.85 Å². The van der Waals surface area contributed by atoms with Crippen molar-refractivity contribution in [1.29, 1.82) is 0 Å². The second-order valence-electron chi connectivity index (χ2n) is 3.49. The first-order valence-corrected chi connectivity index (χ1v) is 7.40. The van der Waals surface area contributed by atoms with Crippen LogP contribution >= 0.6 is 11.3 Å². The molecule has 0 radical (unpaired) electrons. The molecular weight excluding hydrogens is 248 g/mol. The number of hydrogen-bond acceptors (Lipinski definition) is 3. The van der Waals surface area contributed by atoms with Gasteiger partial charge in [0.05, 0.1) is 0 Å². The van der Waals surface area contributed by atoms with Crippen LogP contribution in [0.15, 0.2) is 41.8 Å². The third kappa shape index (κ3) is 4.83. The molecule has 0 unspecified atom stereocenters. The van der Waals surface area contributed by atoms with E-state index in [2.05, 4.69) is 57.6 Å². The van der Waals surface area contributed by atoms with Crippen molar-refractivity contribution in [2.75, 3.05) is 14.2 Å². The molecule has 1 aromatic carbocycles. The lowest BCUT2D eigenvalue weighted by Crippen LogP contribution is -1.93. The second-order valence-corrected chi connectivity index (χ2v) is 5.83. The van der Waals surface area contributed by atoms with Crippen LogP contribution in [0.2, 0.25) is 0 Å². The molecule has 0 aliphatic rings. The quantitative estimate of drug-likeness (QED) is 0.795. The Morgan fingerprint density at radius 3 is 2.18 bits per heavy atom. The lowest BCUT2D eigenvalue weighted by molar-refractivity contribution is 0.309. The molecule has 0 saturated heterocycles. The lowest BCUT2D eigenvalue weighted by Gasteiger charge is -2.00. The van der Waals surface area contributed by atoms with Gasteiger partial charge in [-0.15, -0.1) is 11.3 Å². The Balaban J connectivity index is 0.000000249. The maximum Gasteiger partial charge on any atom is 0.303 e. The predicted molar refractivity (Wildman–Crippen MR) is 77.1 cm³/mol. The number of hydrogen-bond donors (Lipinski definition) is 0. The number of aryl methyl sites for hydroxylation is 1. The van der Waals surface area contributed by atoms with Crippen molar-refractivity contribution in [3.63, 3.8) is 0 Å². The van der Waals surface area contributed by atoms with Gasteiger partial charge in [0.2, 0.25) is 0 Å². The highest BCUT2D eigenvalue weighted by Crippen LogP contribution is 2.26. The third-order valence-electron chi connectivity index (χ3n) is 2.17. The molecule has 0 spiro atoms. The molecular formula is C13H18O2SSi. The Morgan fingerprint density at radius 1 is 1.00 bits per heavy atom. The largest absolute Gasteiger partial charge is 0.402 e. The minimum atomic E-state index is -0.568. The Hall–Kier alpha value is -0.943. The molecule has 17 heavy (non-hydrogen) atoms. The highest BCUT2D eigenvalue weighted by Gasteiger charge is 1.99. The molecule has 2 nitrogen and oxygen atoms in total. The minimum absolute atomic E-state index is 0.568. The van der Waals surface area contributed by atoms with Crippen LogP contribution in [0.3, 0.4) is 0 Å². The molecule has 1 aromatic heterocycles. The first-order chi connectivity index (χ1) is 8.29. The Morgan fingerprint density at radius 2 is 1.71 bits per heavy atom. The fourth-order valence-electron chi connectivity index (χ4n) is 1.40. The van der Waals surface area contributed by atoms with E-state index in [4.69, 9.17) is 0 Å². The molecule has 2 rings (SSSR count). The molecule has 0 aliphatic heterocycles. The Kier molecular flexibility index (Phi) is 6.80. The van der Waals surface area contributed by atoms with Gasteiger partial charge in [-0.2, -0.15) is 0 Å². The van der Waals surface area contributed by atoms with Gasteiger partial charge in [-0.1, -0.05) is 30.3 Å². The highest BCUT2D eigenvalue weighted by molar-refractivity contribution is 7.13. The van der Waals surface area contributed by atoms with Crippen LogP contribution in [0.25, 0.3) is 10.4 Å². The first kappa shape index (κ1) is 14.1. The Labute approximate surface area is 109 Å². The van der Waals surface area contributed by atoms with E-state index < -0.39 is 10.0 Å². The normalized spacial score (nSPS) is 9.59. The summed E-state index contributed by atoms with van der Waals surface area (Å²) in [5, 5.41) is 2.11. The molecule has 0 N–H and O–H groups in total. The molecule has 0 fully saturated rings. The monoisotopic (exact) mass is 266 g/mol. The summed E-state index contributed by atoms with van der Waals surface area (Å²) in [5.74, 6) is 0. The summed E-state index contributed by atoms with van der Waals surface area (Å²) in [4.78, 5) is 1.35. The first-order valence-electron chi connectivity index (χ1n) is 5.37. The van der Waals surface area contributed by atoms with E-state index >= 15 is 0 Å². The van der Waals surface area contributed by atoms with E-state index in [1.165, 1.54) is 16.0 Å². The van der Waals surface area contributed by atoms with Crippen molar-refractivity contribution in [1.82, 2.24) is 0 Å². The number of rotatable bonds is 3. The molecule has 1 heterocycles. The van der Waals surface area contributed by atoms with Gasteiger partial charge in [-0.05, 0) is 29.5 Å².